The van der Waals surface area contributed by atoms with Gasteiger partial charge in [-0.15, -0.1) is 0 Å². The van der Waals surface area contributed by atoms with E-state index in [1.165, 1.54) is 0 Å². The number of hydrogen-bond donors (Lipinski definition) is 1. The van der Waals surface area contributed by atoms with Gasteiger partial charge in [-0.25, -0.2) is 0 Å². The molecule has 0 aromatic carbocycles. The summed E-state index contributed by atoms with van der Waals surface area (Å²) in [5.74, 6) is 0.144. The van der Waals surface area contributed by atoms with Crippen LogP contribution in [0.4, 0.5) is 0 Å². The maximum atomic E-state index is 11.8. The van der Waals surface area contributed by atoms with Crippen molar-refractivity contribution in [2.24, 2.45) is 5.92 Å². The van der Waals surface area contributed by atoms with E-state index in [2.05, 4.69) is 5.32 Å². The molecule has 0 spiro atoms. The third-order valence-electron chi connectivity index (χ3n) is 2.67. The van der Waals surface area contributed by atoms with E-state index in [0.29, 0.717) is 19.8 Å². The van der Waals surface area contributed by atoms with Crippen LogP contribution in [0.1, 0.15) is 20.3 Å². The number of carbonyl (C=O) groups excluding carboxylic acids is 2. The first kappa shape index (κ1) is 14.1. The largest absolute Gasteiger partial charge is 0.381 e. The summed E-state index contributed by atoms with van der Waals surface area (Å²) in [4.78, 5) is 25.0. The van der Waals surface area contributed by atoms with Gasteiger partial charge in [0.25, 0.3) is 0 Å². The van der Waals surface area contributed by atoms with Crippen molar-refractivity contribution in [1.82, 2.24) is 10.2 Å². The highest BCUT2D eigenvalue weighted by molar-refractivity contribution is 5.84. The Morgan fingerprint density at radius 2 is 2.12 bits per heavy atom. The van der Waals surface area contributed by atoms with Gasteiger partial charge < -0.3 is 10.1 Å². The number of rotatable bonds is 6. The van der Waals surface area contributed by atoms with Crippen molar-refractivity contribution in [2.45, 2.75) is 26.3 Å². The molecule has 5 nitrogen and oxygen atoms in total. The van der Waals surface area contributed by atoms with E-state index in [1.807, 2.05) is 13.8 Å². The van der Waals surface area contributed by atoms with Crippen LogP contribution in [-0.2, 0) is 14.3 Å². The number of nitrogens with zero attached hydrogens (tertiary/aromatic N) is 1. The molecule has 5 heteroatoms. The number of Topliss-reactive ketones (excluding diaryl/α,β-unsaturated/α-hetero) is 1. The molecule has 1 heterocycles. The van der Waals surface area contributed by atoms with E-state index < -0.39 is 0 Å². The highest BCUT2D eigenvalue weighted by Gasteiger charge is 2.24. The molecule has 1 aliphatic heterocycles. The second-order valence-electron chi connectivity index (χ2n) is 4.92. The third kappa shape index (κ3) is 5.28. The lowest BCUT2D eigenvalue weighted by atomic mass is 10.0. The minimum Gasteiger partial charge on any atom is -0.381 e. The molecule has 17 heavy (non-hydrogen) atoms. The molecule has 0 aliphatic carbocycles. The number of ketones is 1. The second-order valence-corrected chi connectivity index (χ2v) is 4.92. The lowest BCUT2D eigenvalue weighted by molar-refractivity contribution is -0.125. The molecule has 0 radical (unpaired) electrons. The lowest BCUT2D eigenvalue weighted by Crippen LogP contribution is -2.41. The van der Waals surface area contributed by atoms with Crippen molar-refractivity contribution >= 4 is 11.7 Å². The van der Waals surface area contributed by atoms with Crippen LogP contribution in [0.15, 0.2) is 0 Å². The zero-order valence-corrected chi connectivity index (χ0v) is 10.9. The summed E-state index contributed by atoms with van der Waals surface area (Å²) in [7, 11) is 1.79. The van der Waals surface area contributed by atoms with Crippen molar-refractivity contribution in [3.8, 4) is 0 Å². The first-order chi connectivity index (χ1) is 7.99. The minimum atomic E-state index is -0.0435. The summed E-state index contributed by atoms with van der Waals surface area (Å²) in [6.07, 6.45) is 0.810. The molecule has 1 atom stereocenters. The Hall–Kier alpha value is -0.940. The summed E-state index contributed by atoms with van der Waals surface area (Å²) >= 11 is 0. The number of amides is 1. The van der Waals surface area contributed by atoms with E-state index in [9.17, 15) is 9.59 Å². The molecular formula is C12H22N2O3. The SMILES string of the molecule is CC(C)NC(=O)CN(C)CC(=O)C1CCOC1. The fourth-order valence-electron chi connectivity index (χ4n) is 1.85. The normalized spacial score (nSPS) is 19.9. The zero-order chi connectivity index (χ0) is 12.8. The van der Waals surface area contributed by atoms with Crippen molar-refractivity contribution in [3.05, 3.63) is 0 Å². The van der Waals surface area contributed by atoms with Gasteiger partial charge in [-0.3, -0.25) is 14.5 Å². The predicted molar refractivity (Wildman–Crippen MR) is 64.7 cm³/mol. The van der Waals surface area contributed by atoms with Crippen molar-refractivity contribution in [2.75, 3.05) is 33.4 Å². The van der Waals surface area contributed by atoms with E-state index in [1.54, 1.807) is 11.9 Å². The highest BCUT2D eigenvalue weighted by Crippen LogP contribution is 2.13. The molecule has 1 saturated heterocycles. The zero-order valence-electron chi connectivity index (χ0n) is 10.9. The number of nitrogens with one attached hydrogen (secondary N) is 1. The molecule has 98 valence electrons. The first-order valence-electron chi connectivity index (χ1n) is 6.07. The fourth-order valence-corrected chi connectivity index (χ4v) is 1.85. The summed E-state index contributed by atoms with van der Waals surface area (Å²) < 4.78 is 5.17. The Balaban J connectivity index is 2.26. The van der Waals surface area contributed by atoms with Crippen molar-refractivity contribution < 1.29 is 14.3 Å². The fraction of sp³-hybridized carbons (Fsp3) is 0.833. The van der Waals surface area contributed by atoms with Gasteiger partial charge in [0.15, 0.2) is 5.78 Å². The van der Waals surface area contributed by atoms with Crippen LogP contribution in [0, 0.1) is 5.92 Å². The van der Waals surface area contributed by atoms with Gasteiger partial charge in [-0.05, 0) is 27.3 Å². The summed E-state index contributed by atoms with van der Waals surface area (Å²) in [6, 6.07) is 0.134. The standard InChI is InChI=1S/C12H22N2O3/c1-9(2)13-12(16)7-14(3)6-11(15)10-4-5-17-8-10/h9-10H,4-8H2,1-3H3,(H,13,16). The average molecular weight is 242 g/mol. The van der Waals surface area contributed by atoms with E-state index in [-0.39, 0.29) is 30.2 Å². The molecule has 1 unspecified atom stereocenters. The van der Waals surface area contributed by atoms with Crippen molar-refractivity contribution in [3.63, 3.8) is 0 Å². The van der Waals surface area contributed by atoms with Crippen LogP contribution in [0.25, 0.3) is 0 Å². The van der Waals surface area contributed by atoms with Crippen LogP contribution in [0.3, 0.4) is 0 Å². The number of hydrogen-bond acceptors (Lipinski definition) is 4. The minimum absolute atomic E-state index is 0.0191. The summed E-state index contributed by atoms with van der Waals surface area (Å²) in [5, 5.41) is 2.80. The van der Waals surface area contributed by atoms with Crippen LogP contribution in [0.2, 0.25) is 0 Å². The highest BCUT2D eigenvalue weighted by atomic mass is 16.5. The number of carbonyl (C=O) groups is 2. The third-order valence-corrected chi connectivity index (χ3v) is 2.67. The van der Waals surface area contributed by atoms with E-state index in [0.717, 1.165) is 6.42 Å². The lowest BCUT2D eigenvalue weighted by Gasteiger charge is -2.18. The molecular weight excluding hydrogens is 220 g/mol. The van der Waals surface area contributed by atoms with Gasteiger partial charge in [-0.2, -0.15) is 0 Å². The molecule has 0 bridgehead atoms. The topological polar surface area (TPSA) is 58.6 Å². The monoisotopic (exact) mass is 242 g/mol. The summed E-state index contributed by atoms with van der Waals surface area (Å²) in [5.41, 5.74) is 0. The Morgan fingerprint density at radius 1 is 1.41 bits per heavy atom. The van der Waals surface area contributed by atoms with Crippen molar-refractivity contribution in [1.29, 1.82) is 0 Å². The van der Waals surface area contributed by atoms with Crippen LogP contribution in [-0.4, -0.2) is 56.0 Å². The van der Waals surface area contributed by atoms with Gasteiger partial charge in [0, 0.05) is 18.6 Å². The number of likely N-dealkylation sites (N-methyl/N-ethyl adjacent to an activating group) is 1. The Labute approximate surface area is 102 Å². The van der Waals surface area contributed by atoms with Crippen LogP contribution >= 0.6 is 0 Å². The van der Waals surface area contributed by atoms with E-state index in [4.69, 9.17) is 4.74 Å². The Bertz CT molecular complexity index is 273. The molecule has 1 amide bonds. The molecule has 0 saturated carbocycles. The Morgan fingerprint density at radius 3 is 2.65 bits per heavy atom. The first-order valence-corrected chi connectivity index (χ1v) is 6.07. The molecule has 0 aromatic heterocycles. The second kappa shape index (κ2) is 6.71. The van der Waals surface area contributed by atoms with Gasteiger partial charge >= 0.3 is 0 Å². The maximum Gasteiger partial charge on any atom is 0.234 e. The smallest absolute Gasteiger partial charge is 0.234 e. The molecule has 1 fully saturated rings. The van der Waals surface area contributed by atoms with E-state index >= 15 is 0 Å². The number of ether oxygens (including phenoxy) is 1. The molecule has 1 rings (SSSR count). The molecule has 1 N–H and O–H groups in total. The predicted octanol–water partition coefficient (Wildman–Crippen LogP) is 0.0484. The van der Waals surface area contributed by atoms with Gasteiger partial charge in [0.1, 0.15) is 0 Å². The average Bonchev–Trinajstić information content (AvgIpc) is 2.67. The van der Waals surface area contributed by atoms with Gasteiger partial charge in [0.2, 0.25) is 5.91 Å². The van der Waals surface area contributed by atoms with Gasteiger partial charge in [0.05, 0.1) is 19.7 Å². The Kier molecular flexibility index (Phi) is 5.58. The van der Waals surface area contributed by atoms with Gasteiger partial charge in [-0.1, -0.05) is 0 Å². The molecule has 0 aromatic rings. The molecule has 1 aliphatic rings. The summed E-state index contributed by atoms with van der Waals surface area (Å²) in [6.45, 7) is 5.62. The quantitative estimate of drug-likeness (QED) is 0.715. The maximum absolute atomic E-state index is 11.8. The van der Waals surface area contributed by atoms with Crippen LogP contribution < -0.4 is 5.32 Å². The van der Waals surface area contributed by atoms with Crippen LogP contribution in [0.5, 0.6) is 0 Å².